The Bertz CT molecular complexity index is 470. The van der Waals surface area contributed by atoms with E-state index in [-0.39, 0.29) is 6.29 Å². The van der Waals surface area contributed by atoms with Crippen molar-refractivity contribution in [1.82, 2.24) is 26.6 Å². The molecule has 0 radical (unpaired) electrons. The van der Waals surface area contributed by atoms with Crippen LogP contribution in [-0.2, 0) is 6.54 Å². The van der Waals surface area contributed by atoms with Crippen molar-refractivity contribution in [1.29, 1.82) is 0 Å². The molecular formula is C16H30N6O. The molecule has 2 unspecified atom stereocenters. The van der Waals surface area contributed by atoms with Crippen molar-refractivity contribution in [2.24, 2.45) is 0 Å². The van der Waals surface area contributed by atoms with Crippen LogP contribution in [0.25, 0.3) is 0 Å². The summed E-state index contributed by atoms with van der Waals surface area (Å²) in [5.74, 6) is 0.908. The third kappa shape index (κ3) is 5.63. The zero-order valence-electron chi connectivity index (χ0n) is 14.3. The van der Waals surface area contributed by atoms with Gasteiger partial charge >= 0.3 is 0 Å². The van der Waals surface area contributed by atoms with Gasteiger partial charge in [-0.25, -0.2) is 0 Å². The van der Waals surface area contributed by atoms with Gasteiger partial charge < -0.3 is 26.0 Å². The molecule has 1 heterocycles. The fraction of sp³-hybridized carbons (Fsp3) is 0.625. The van der Waals surface area contributed by atoms with Crippen LogP contribution in [-0.4, -0.2) is 53.3 Å². The van der Waals surface area contributed by atoms with E-state index in [9.17, 15) is 0 Å². The van der Waals surface area contributed by atoms with Crippen molar-refractivity contribution in [3.05, 3.63) is 23.8 Å². The molecule has 1 aliphatic rings. The molecule has 130 valence electrons. The first-order chi connectivity index (χ1) is 11.3. The van der Waals surface area contributed by atoms with E-state index in [1.165, 1.54) is 0 Å². The molecule has 7 heteroatoms. The molecule has 1 aliphatic heterocycles. The van der Waals surface area contributed by atoms with E-state index >= 15 is 0 Å². The van der Waals surface area contributed by atoms with Crippen LogP contribution in [0.1, 0.15) is 12.0 Å². The van der Waals surface area contributed by atoms with E-state index < -0.39 is 0 Å². The van der Waals surface area contributed by atoms with Crippen LogP contribution in [0.3, 0.4) is 0 Å². The first-order valence-corrected chi connectivity index (χ1v) is 8.22. The summed E-state index contributed by atoms with van der Waals surface area (Å²) in [6.07, 6.45) is 1.45. The Morgan fingerprint density at radius 2 is 2.13 bits per heavy atom. The Morgan fingerprint density at radius 1 is 1.26 bits per heavy atom. The number of ether oxygens (including phenoxy) is 1. The molecule has 0 spiro atoms. The van der Waals surface area contributed by atoms with Gasteiger partial charge in [-0.05, 0) is 38.7 Å². The normalized spacial score (nSPS) is 21.2. The molecule has 0 bridgehead atoms. The maximum Gasteiger partial charge on any atom is 0.133 e. The average Bonchev–Trinajstić information content (AvgIpc) is 2.59. The largest absolute Gasteiger partial charge is 0.496 e. The van der Waals surface area contributed by atoms with Crippen LogP contribution in [0.5, 0.6) is 5.75 Å². The highest BCUT2D eigenvalue weighted by Crippen LogP contribution is 2.23. The maximum absolute atomic E-state index is 5.46. The molecule has 1 aromatic rings. The first kappa shape index (κ1) is 18.0. The van der Waals surface area contributed by atoms with Crippen molar-refractivity contribution in [2.45, 2.75) is 25.4 Å². The second-order valence-electron chi connectivity index (χ2n) is 5.64. The van der Waals surface area contributed by atoms with Crippen molar-refractivity contribution in [2.75, 3.05) is 46.2 Å². The minimum Gasteiger partial charge on any atom is -0.496 e. The van der Waals surface area contributed by atoms with Crippen molar-refractivity contribution in [3.63, 3.8) is 0 Å². The number of rotatable bonds is 9. The second kappa shape index (κ2) is 9.69. The lowest BCUT2D eigenvalue weighted by Crippen LogP contribution is -2.61. The van der Waals surface area contributed by atoms with Crippen LogP contribution in [0.15, 0.2) is 18.2 Å². The molecule has 1 fully saturated rings. The molecule has 0 aliphatic carbocycles. The van der Waals surface area contributed by atoms with Gasteiger partial charge in [-0.3, -0.25) is 10.6 Å². The van der Waals surface area contributed by atoms with Crippen molar-refractivity contribution < 1.29 is 4.74 Å². The molecule has 0 saturated carbocycles. The van der Waals surface area contributed by atoms with E-state index in [2.05, 4.69) is 38.0 Å². The van der Waals surface area contributed by atoms with Gasteiger partial charge in [0.15, 0.2) is 0 Å². The van der Waals surface area contributed by atoms with Crippen LogP contribution >= 0.6 is 0 Å². The Kier molecular flexibility index (Phi) is 7.57. The molecule has 2 atom stereocenters. The maximum atomic E-state index is 5.46. The Morgan fingerprint density at radius 3 is 2.87 bits per heavy atom. The third-order valence-corrected chi connectivity index (χ3v) is 3.96. The molecule has 0 amide bonds. The van der Waals surface area contributed by atoms with Gasteiger partial charge in [0.2, 0.25) is 0 Å². The van der Waals surface area contributed by atoms with Gasteiger partial charge in [0.1, 0.15) is 12.0 Å². The van der Waals surface area contributed by atoms with E-state index in [0.717, 1.165) is 49.6 Å². The second-order valence-corrected chi connectivity index (χ2v) is 5.64. The lowest BCUT2D eigenvalue weighted by atomic mass is 10.1. The molecular weight excluding hydrogens is 292 g/mol. The van der Waals surface area contributed by atoms with E-state index in [1.807, 2.05) is 26.2 Å². The number of anilines is 1. The molecule has 0 aromatic heterocycles. The highest BCUT2D eigenvalue weighted by Gasteiger charge is 2.18. The molecule has 7 nitrogen and oxygen atoms in total. The van der Waals surface area contributed by atoms with E-state index in [0.29, 0.717) is 6.17 Å². The number of likely N-dealkylation sites (N-methyl/N-ethyl adjacent to an activating group) is 1. The quantitative estimate of drug-likeness (QED) is 0.352. The van der Waals surface area contributed by atoms with Gasteiger partial charge in [0.25, 0.3) is 0 Å². The first-order valence-electron chi connectivity index (χ1n) is 8.22. The fourth-order valence-corrected chi connectivity index (χ4v) is 2.65. The smallest absolute Gasteiger partial charge is 0.133 e. The van der Waals surface area contributed by atoms with Gasteiger partial charge in [0, 0.05) is 37.4 Å². The topological polar surface area (TPSA) is 81.4 Å². The van der Waals surface area contributed by atoms with Crippen LogP contribution in [0, 0.1) is 0 Å². The van der Waals surface area contributed by atoms with Crippen molar-refractivity contribution in [3.8, 4) is 5.75 Å². The van der Waals surface area contributed by atoms with Gasteiger partial charge in [-0.15, -0.1) is 0 Å². The van der Waals surface area contributed by atoms with Gasteiger partial charge in [-0.1, -0.05) is 0 Å². The Labute approximate surface area is 138 Å². The lowest BCUT2D eigenvalue weighted by molar-refractivity contribution is 0.295. The van der Waals surface area contributed by atoms with Crippen LogP contribution in [0.4, 0.5) is 5.69 Å². The predicted octanol–water partition coefficient (Wildman–Crippen LogP) is -0.172. The molecule has 2 rings (SSSR count). The summed E-state index contributed by atoms with van der Waals surface area (Å²) in [4.78, 5) is 0. The van der Waals surface area contributed by atoms with Crippen LogP contribution < -0.4 is 36.6 Å². The summed E-state index contributed by atoms with van der Waals surface area (Å²) >= 11 is 0. The van der Waals surface area contributed by atoms with E-state index in [4.69, 9.17) is 4.74 Å². The predicted molar refractivity (Wildman–Crippen MR) is 94.6 cm³/mol. The molecule has 1 aromatic carbocycles. The summed E-state index contributed by atoms with van der Waals surface area (Å²) in [5, 5.41) is 20.2. The van der Waals surface area contributed by atoms with Gasteiger partial charge in [-0.2, -0.15) is 0 Å². The summed E-state index contributed by atoms with van der Waals surface area (Å²) in [6.45, 7) is 3.63. The number of hydrogen-bond acceptors (Lipinski definition) is 7. The summed E-state index contributed by atoms with van der Waals surface area (Å²) in [7, 11) is 5.64. The Hall–Kier alpha value is -1.38. The zero-order valence-corrected chi connectivity index (χ0v) is 14.3. The number of methoxy groups -OCH3 is 1. The van der Waals surface area contributed by atoms with Crippen molar-refractivity contribution >= 4 is 5.69 Å². The fourth-order valence-electron chi connectivity index (χ4n) is 2.65. The number of hydrogen-bond donors (Lipinski definition) is 6. The zero-order chi connectivity index (χ0) is 16.5. The average molecular weight is 322 g/mol. The standard InChI is InChI=1S/C16H30N6O/c1-17-8-9-19-11-12-10-13(4-5-14(12)23-3)21-16-20-7-6-15(18-2)22-16/h4-5,10,15-22H,6-9,11H2,1-3H3. The minimum atomic E-state index is 0.0553. The highest BCUT2D eigenvalue weighted by molar-refractivity contribution is 5.51. The van der Waals surface area contributed by atoms with Gasteiger partial charge in [0.05, 0.1) is 13.3 Å². The molecule has 6 N–H and O–H groups in total. The minimum absolute atomic E-state index is 0.0553. The van der Waals surface area contributed by atoms with E-state index in [1.54, 1.807) is 7.11 Å². The Balaban J connectivity index is 1.95. The summed E-state index contributed by atoms with van der Waals surface area (Å²) in [6, 6.07) is 6.19. The third-order valence-electron chi connectivity index (χ3n) is 3.96. The summed E-state index contributed by atoms with van der Waals surface area (Å²) < 4.78 is 5.46. The highest BCUT2D eigenvalue weighted by atomic mass is 16.5. The van der Waals surface area contributed by atoms with Crippen LogP contribution in [0.2, 0.25) is 0 Å². The summed E-state index contributed by atoms with van der Waals surface area (Å²) in [5.41, 5.74) is 2.22. The number of benzene rings is 1. The molecule has 23 heavy (non-hydrogen) atoms. The lowest BCUT2D eigenvalue weighted by Gasteiger charge is -2.33. The number of nitrogens with one attached hydrogen (secondary N) is 6. The molecule has 1 saturated heterocycles. The monoisotopic (exact) mass is 322 g/mol. The SMILES string of the molecule is CNCCNCc1cc(NC2NCCC(NC)N2)ccc1OC.